The number of hydrogen-bond acceptors (Lipinski definition) is 4. The number of hydrogen-bond donors (Lipinski definition) is 0. The number of benzene rings is 1. The first kappa shape index (κ1) is 17.4. The third kappa shape index (κ3) is 7.60. The Hall–Kier alpha value is -1.69. The first-order valence-corrected chi connectivity index (χ1v) is 6.60. The summed E-state index contributed by atoms with van der Waals surface area (Å²) in [6, 6.07) is 6.32. The van der Waals surface area contributed by atoms with Gasteiger partial charge in [0.25, 0.3) is 0 Å². The highest BCUT2D eigenvalue weighted by Crippen LogP contribution is 2.16. The number of likely N-dealkylation sites (N-methyl/N-ethyl adjacent to an activating group) is 1. The van der Waals surface area contributed by atoms with Crippen LogP contribution in [0.5, 0.6) is 5.75 Å². The molecule has 0 unspecified atom stereocenters. The molecule has 0 aromatic heterocycles. The summed E-state index contributed by atoms with van der Waals surface area (Å²) < 4.78 is 33.6. The van der Waals surface area contributed by atoms with Crippen LogP contribution in [0.3, 0.4) is 0 Å². The van der Waals surface area contributed by atoms with Crippen molar-refractivity contribution in [3.8, 4) is 5.75 Å². The van der Waals surface area contributed by atoms with Crippen LogP contribution >= 0.6 is 0 Å². The topological polar surface area (TPSA) is 38.8 Å². The summed E-state index contributed by atoms with van der Waals surface area (Å²) in [4.78, 5) is 13.5. The molecule has 0 saturated carbocycles. The van der Waals surface area contributed by atoms with E-state index in [4.69, 9.17) is 4.74 Å². The van der Waals surface area contributed by atoms with Crippen molar-refractivity contribution in [3.05, 3.63) is 29.8 Å². The Morgan fingerprint density at radius 3 is 2.29 bits per heavy atom. The normalized spacial score (nSPS) is 11.8. The van der Waals surface area contributed by atoms with E-state index in [1.54, 1.807) is 24.1 Å². The van der Waals surface area contributed by atoms with Crippen LogP contribution < -0.4 is 4.74 Å². The van der Waals surface area contributed by atoms with Gasteiger partial charge in [0, 0.05) is 6.54 Å². The van der Waals surface area contributed by atoms with Crippen molar-refractivity contribution in [2.75, 3.05) is 13.6 Å². The third-order valence-corrected chi connectivity index (χ3v) is 2.42. The van der Waals surface area contributed by atoms with Gasteiger partial charge in [0.15, 0.2) is 0 Å². The fourth-order valence-corrected chi connectivity index (χ4v) is 1.74. The van der Waals surface area contributed by atoms with Gasteiger partial charge in [0.05, 0.1) is 6.54 Å². The SMILES string of the molecule is CN(CC(=O)OC(C)(C)C)Cc1ccc(OC(F)F)cc1. The molecule has 118 valence electrons. The molecular weight excluding hydrogens is 280 g/mol. The molecule has 1 aromatic carbocycles. The predicted molar refractivity (Wildman–Crippen MR) is 75.3 cm³/mol. The molecule has 0 N–H and O–H groups in total. The molecule has 21 heavy (non-hydrogen) atoms. The summed E-state index contributed by atoms with van der Waals surface area (Å²) in [6.45, 7) is 3.28. The van der Waals surface area contributed by atoms with Crippen molar-refractivity contribution in [3.63, 3.8) is 0 Å². The molecule has 0 fully saturated rings. The number of alkyl halides is 2. The van der Waals surface area contributed by atoms with E-state index in [-0.39, 0.29) is 18.3 Å². The fraction of sp³-hybridized carbons (Fsp3) is 0.533. The Morgan fingerprint density at radius 1 is 1.24 bits per heavy atom. The molecule has 1 rings (SSSR count). The second kappa shape index (κ2) is 7.36. The zero-order chi connectivity index (χ0) is 16.0. The van der Waals surface area contributed by atoms with E-state index in [9.17, 15) is 13.6 Å². The molecule has 0 radical (unpaired) electrons. The monoisotopic (exact) mass is 301 g/mol. The van der Waals surface area contributed by atoms with E-state index >= 15 is 0 Å². The highest BCUT2D eigenvalue weighted by atomic mass is 19.3. The number of ether oxygens (including phenoxy) is 2. The standard InChI is InChI=1S/C15H21F2NO3/c1-15(2,3)21-13(19)10-18(4)9-11-5-7-12(8-6-11)20-14(16)17/h5-8,14H,9-10H2,1-4H3. The number of rotatable bonds is 6. The number of esters is 1. The van der Waals surface area contributed by atoms with Crippen molar-refractivity contribution in [2.24, 2.45) is 0 Å². The molecule has 0 aliphatic heterocycles. The van der Waals surface area contributed by atoms with Gasteiger partial charge < -0.3 is 9.47 Å². The predicted octanol–water partition coefficient (Wildman–Crippen LogP) is 3.06. The van der Waals surface area contributed by atoms with E-state index < -0.39 is 12.2 Å². The highest BCUT2D eigenvalue weighted by molar-refractivity contribution is 5.72. The van der Waals surface area contributed by atoms with Gasteiger partial charge in [0.1, 0.15) is 11.4 Å². The largest absolute Gasteiger partial charge is 0.459 e. The van der Waals surface area contributed by atoms with Gasteiger partial charge in [0.2, 0.25) is 0 Å². The summed E-state index contributed by atoms with van der Waals surface area (Å²) in [7, 11) is 1.79. The van der Waals surface area contributed by atoms with Crippen molar-refractivity contribution in [1.82, 2.24) is 4.90 Å². The maximum atomic E-state index is 12.0. The molecule has 4 nitrogen and oxygen atoms in total. The van der Waals surface area contributed by atoms with Crippen LogP contribution in [0.15, 0.2) is 24.3 Å². The Bertz CT molecular complexity index is 455. The van der Waals surface area contributed by atoms with Gasteiger partial charge >= 0.3 is 12.6 Å². The molecule has 0 saturated heterocycles. The van der Waals surface area contributed by atoms with Crippen LogP contribution in [-0.4, -0.2) is 36.7 Å². The minimum Gasteiger partial charge on any atom is -0.459 e. The number of carbonyl (C=O) groups is 1. The molecule has 0 atom stereocenters. The zero-order valence-electron chi connectivity index (χ0n) is 12.7. The first-order valence-electron chi connectivity index (χ1n) is 6.60. The summed E-state index contributed by atoms with van der Waals surface area (Å²) in [6.07, 6.45) is 0. The fourth-order valence-electron chi connectivity index (χ4n) is 1.74. The summed E-state index contributed by atoms with van der Waals surface area (Å²) >= 11 is 0. The van der Waals surface area contributed by atoms with Crippen molar-refractivity contribution >= 4 is 5.97 Å². The van der Waals surface area contributed by atoms with Crippen molar-refractivity contribution < 1.29 is 23.0 Å². The van der Waals surface area contributed by atoms with Gasteiger partial charge in [-0.25, -0.2) is 0 Å². The van der Waals surface area contributed by atoms with E-state index in [0.29, 0.717) is 6.54 Å². The molecule has 1 aromatic rings. The lowest BCUT2D eigenvalue weighted by Gasteiger charge is -2.22. The zero-order valence-corrected chi connectivity index (χ0v) is 12.7. The van der Waals surface area contributed by atoms with Crippen molar-refractivity contribution in [1.29, 1.82) is 0 Å². The van der Waals surface area contributed by atoms with Crippen LogP contribution in [-0.2, 0) is 16.1 Å². The van der Waals surface area contributed by atoms with Crippen LogP contribution in [0.4, 0.5) is 8.78 Å². The Kier molecular flexibility index (Phi) is 6.08. The van der Waals surface area contributed by atoms with Crippen molar-refractivity contribution in [2.45, 2.75) is 39.5 Å². The van der Waals surface area contributed by atoms with Crippen LogP contribution in [0.1, 0.15) is 26.3 Å². The number of carbonyl (C=O) groups excluding carboxylic acids is 1. The van der Waals surface area contributed by atoms with Crippen LogP contribution in [0, 0.1) is 0 Å². The van der Waals surface area contributed by atoms with Gasteiger partial charge in [-0.1, -0.05) is 12.1 Å². The van der Waals surface area contributed by atoms with Crippen LogP contribution in [0.25, 0.3) is 0 Å². The third-order valence-electron chi connectivity index (χ3n) is 2.42. The van der Waals surface area contributed by atoms with Gasteiger partial charge in [-0.05, 0) is 45.5 Å². The van der Waals surface area contributed by atoms with Gasteiger partial charge in [-0.15, -0.1) is 0 Å². The second-order valence-electron chi connectivity index (χ2n) is 5.78. The molecule has 6 heteroatoms. The molecule has 0 bridgehead atoms. The lowest BCUT2D eigenvalue weighted by atomic mass is 10.2. The quantitative estimate of drug-likeness (QED) is 0.757. The van der Waals surface area contributed by atoms with Gasteiger partial charge in [-0.2, -0.15) is 8.78 Å². The summed E-state index contributed by atoms with van der Waals surface area (Å²) in [5, 5.41) is 0. The first-order chi connectivity index (χ1) is 9.65. The van der Waals surface area contributed by atoms with E-state index in [1.807, 2.05) is 20.8 Å². The van der Waals surface area contributed by atoms with E-state index in [2.05, 4.69) is 4.74 Å². The molecular formula is C15H21F2NO3. The smallest absolute Gasteiger partial charge is 0.387 e. The molecule has 0 heterocycles. The molecule has 0 amide bonds. The lowest BCUT2D eigenvalue weighted by Crippen LogP contribution is -2.32. The molecule has 0 aliphatic rings. The van der Waals surface area contributed by atoms with E-state index in [1.165, 1.54) is 12.1 Å². The number of nitrogens with zero attached hydrogens (tertiary/aromatic N) is 1. The van der Waals surface area contributed by atoms with E-state index in [0.717, 1.165) is 5.56 Å². The maximum absolute atomic E-state index is 12.0. The Morgan fingerprint density at radius 2 is 1.81 bits per heavy atom. The van der Waals surface area contributed by atoms with Gasteiger partial charge in [-0.3, -0.25) is 9.69 Å². The average molecular weight is 301 g/mol. The Labute approximate surface area is 123 Å². The summed E-state index contributed by atoms with van der Waals surface area (Å²) in [5.74, 6) is -0.189. The Balaban J connectivity index is 2.47. The summed E-state index contributed by atoms with van der Waals surface area (Å²) in [5.41, 5.74) is 0.384. The minimum atomic E-state index is -2.83. The average Bonchev–Trinajstić information content (AvgIpc) is 2.28. The number of halogens is 2. The lowest BCUT2D eigenvalue weighted by molar-refractivity contribution is -0.155. The van der Waals surface area contributed by atoms with Crippen LogP contribution in [0.2, 0.25) is 0 Å². The minimum absolute atomic E-state index is 0.114. The molecule has 0 spiro atoms. The second-order valence-corrected chi connectivity index (χ2v) is 5.78. The highest BCUT2D eigenvalue weighted by Gasteiger charge is 2.17. The molecule has 0 aliphatic carbocycles. The maximum Gasteiger partial charge on any atom is 0.387 e.